The van der Waals surface area contributed by atoms with Gasteiger partial charge in [0, 0.05) is 11.9 Å². The lowest BCUT2D eigenvalue weighted by atomic mass is 10.1. The zero-order chi connectivity index (χ0) is 13.4. The summed E-state index contributed by atoms with van der Waals surface area (Å²) in [5.41, 5.74) is 5.48. The van der Waals surface area contributed by atoms with Gasteiger partial charge in [0.1, 0.15) is 5.52 Å². The Morgan fingerprint density at radius 2 is 2.11 bits per heavy atom. The SMILES string of the molecule is CC(C)Cn1cnc2c(NN)nc3ccccc3c21. The Morgan fingerprint density at radius 1 is 1.32 bits per heavy atom. The molecular formula is C14H17N5. The van der Waals surface area contributed by atoms with E-state index < -0.39 is 0 Å². The van der Waals surface area contributed by atoms with E-state index in [0.29, 0.717) is 11.7 Å². The Bertz CT molecular complexity index is 729. The first kappa shape index (κ1) is 11.9. The first-order valence-electron chi connectivity index (χ1n) is 6.41. The highest BCUT2D eigenvalue weighted by Crippen LogP contribution is 2.28. The zero-order valence-electron chi connectivity index (χ0n) is 11.1. The van der Waals surface area contributed by atoms with E-state index in [1.54, 1.807) is 0 Å². The predicted molar refractivity (Wildman–Crippen MR) is 77.7 cm³/mol. The van der Waals surface area contributed by atoms with Crippen molar-refractivity contribution < 1.29 is 0 Å². The number of nitrogen functional groups attached to an aromatic ring is 1. The molecule has 98 valence electrons. The number of hydrazine groups is 1. The van der Waals surface area contributed by atoms with Crippen molar-refractivity contribution in [3.63, 3.8) is 0 Å². The van der Waals surface area contributed by atoms with Crippen LogP contribution in [0.15, 0.2) is 30.6 Å². The van der Waals surface area contributed by atoms with Gasteiger partial charge in [0.2, 0.25) is 0 Å². The molecule has 0 radical (unpaired) electrons. The van der Waals surface area contributed by atoms with Crippen molar-refractivity contribution in [2.24, 2.45) is 11.8 Å². The molecule has 0 saturated carbocycles. The minimum atomic E-state index is 0.554. The molecule has 1 aromatic carbocycles. The van der Waals surface area contributed by atoms with Gasteiger partial charge in [0.05, 0.1) is 17.4 Å². The number of nitrogens with one attached hydrogen (secondary N) is 1. The largest absolute Gasteiger partial charge is 0.330 e. The van der Waals surface area contributed by atoms with Crippen molar-refractivity contribution >= 4 is 27.8 Å². The molecule has 0 saturated heterocycles. The molecule has 0 bridgehead atoms. The van der Waals surface area contributed by atoms with Crippen molar-refractivity contribution in [3.8, 4) is 0 Å². The molecule has 0 aliphatic carbocycles. The normalized spacial score (nSPS) is 11.6. The van der Waals surface area contributed by atoms with E-state index in [9.17, 15) is 0 Å². The quantitative estimate of drug-likeness (QED) is 0.557. The summed E-state index contributed by atoms with van der Waals surface area (Å²) in [6.07, 6.45) is 1.86. The lowest BCUT2D eigenvalue weighted by Crippen LogP contribution is -2.10. The van der Waals surface area contributed by atoms with Gasteiger partial charge in [0.25, 0.3) is 0 Å². The van der Waals surface area contributed by atoms with Gasteiger partial charge in [-0.05, 0) is 12.0 Å². The number of anilines is 1. The molecule has 0 atom stereocenters. The van der Waals surface area contributed by atoms with Gasteiger partial charge in [-0.2, -0.15) is 0 Å². The van der Waals surface area contributed by atoms with Crippen LogP contribution in [0.1, 0.15) is 13.8 Å². The van der Waals surface area contributed by atoms with Crippen LogP contribution in [0.3, 0.4) is 0 Å². The monoisotopic (exact) mass is 255 g/mol. The van der Waals surface area contributed by atoms with Gasteiger partial charge in [-0.25, -0.2) is 15.8 Å². The van der Waals surface area contributed by atoms with Crippen LogP contribution in [0.2, 0.25) is 0 Å². The number of hydrogen-bond donors (Lipinski definition) is 2. The maximum absolute atomic E-state index is 5.56. The Hall–Kier alpha value is -2.14. The van der Waals surface area contributed by atoms with Gasteiger partial charge in [-0.3, -0.25) is 0 Å². The van der Waals surface area contributed by atoms with Crippen LogP contribution in [0.25, 0.3) is 21.9 Å². The van der Waals surface area contributed by atoms with Crippen molar-refractivity contribution in [2.75, 3.05) is 5.43 Å². The van der Waals surface area contributed by atoms with E-state index in [0.717, 1.165) is 28.5 Å². The van der Waals surface area contributed by atoms with Crippen molar-refractivity contribution in [1.29, 1.82) is 0 Å². The van der Waals surface area contributed by atoms with E-state index in [-0.39, 0.29) is 0 Å². The predicted octanol–water partition coefficient (Wildman–Crippen LogP) is 2.53. The molecule has 2 heterocycles. The number of para-hydroxylation sites is 1. The molecule has 3 N–H and O–H groups in total. The summed E-state index contributed by atoms with van der Waals surface area (Å²) in [6.45, 7) is 5.31. The van der Waals surface area contributed by atoms with Gasteiger partial charge in [-0.15, -0.1) is 0 Å². The molecule has 19 heavy (non-hydrogen) atoms. The molecule has 5 heteroatoms. The molecule has 3 aromatic rings. The van der Waals surface area contributed by atoms with E-state index in [1.807, 2.05) is 24.5 Å². The third-order valence-corrected chi connectivity index (χ3v) is 3.15. The van der Waals surface area contributed by atoms with E-state index >= 15 is 0 Å². The Morgan fingerprint density at radius 3 is 2.84 bits per heavy atom. The first-order chi connectivity index (χ1) is 9.20. The number of fused-ring (bicyclic) bond motifs is 3. The van der Waals surface area contributed by atoms with Crippen LogP contribution >= 0.6 is 0 Å². The number of rotatable bonds is 3. The van der Waals surface area contributed by atoms with Crippen LogP contribution in [-0.2, 0) is 6.54 Å². The minimum Gasteiger partial charge on any atom is -0.330 e. The third kappa shape index (κ3) is 1.92. The summed E-state index contributed by atoms with van der Waals surface area (Å²) in [6, 6.07) is 8.06. The average molecular weight is 255 g/mol. The minimum absolute atomic E-state index is 0.554. The molecule has 0 spiro atoms. The fraction of sp³-hybridized carbons (Fsp3) is 0.286. The Labute approximate surface area is 111 Å². The average Bonchev–Trinajstić information content (AvgIpc) is 2.81. The first-order valence-corrected chi connectivity index (χ1v) is 6.41. The Balaban J connectivity index is 2.39. The van der Waals surface area contributed by atoms with Crippen LogP contribution < -0.4 is 11.3 Å². The van der Waals surface area contributed by atoms with Gasteiger partial charge >= 0.3 is 0 Å². The van der Waals surface area contributed by atoms with Crippen molar-refractivity contribution in [2.45, 2.75) is 20.4 Å². The number of aromatic nitrogens is 3. The third-order valence-electron chi connectivity index (χ3n) is 3.15. The summed E-state index contributed by atoms with van der Waals surface area (Å²) >= 11 is 0. The molecule has 0 aliphatic heterocycles. The van der Waals surface area contributed by atoms with Gasteiger partial charge in [-0.1, -0.05) is 32.0 Å². The van der Waals surface area contributed by atoms with Gasteiger partial charge in [0.15, 0.2) is 5.82 Å². The van der Waals surface area contributed by atoms with Crippen molar-refractivity contribution in [3.05, 3.63) is 30.6 Å². The summed E-state index contributed by atoms with van der Waals surface area (Å²) in [4.78, 5) is 8.95. The molecule has 0 unspecified atom stereocenters. The number of nitrogens with zero attached hydrogens (tertiary/aromatic N) is 3. The molecule has 5 nitrogen and oxygen atoms in total. The summed E-state index contributed by atoms with van der Waals surface area (Å²) in [5, 5.41) is 1.11. The Kier molecular flexibility index (Phi) is 2.83. The van der Waals surface area contributed by atoms with Crippen molar-refractivity contribution in [1.82, 2.24) is 14.5 Å². The smallest absolute Gasteiger partial charge is 0.168 e. The molecule has 0 aliphatic rings. The van der Waals surface area contributed by atoms with Crippen LogP contribution in [0, 0.1) is 5.92 Å². The van der Waals surface area contributed by atoms with E-state index in [1.165, 1.54) is 0 Å². The number of benzene rings is 1. The van der Waals surface area contributed by atoms with Crippen LogP contribution in [0.4, 0.5) is 5.82 Å². The maximum Gasteiger partial charge on any atom is 0.168 e. The summed E-state index contributed by atoms with van der Waals surface area (Å²) in [5.74, 6) is 6.73. The lowest BCUT2D eigenvalue weighted by molar-refractivity contribution is 0.533. The van der Waals surface area contributed by atoms with E-state index in [2.05, 4.69) is 39.9 Å². The second-order valence-corrected chi connectivity index (χ2v) is 5.11. The zero-order valence-corrected chi connectivity index (χ0v) is 11.1. The summed E-state index contributed by atoms with van der Waals surface area (Å²) < 4.78 is 2.17. The highest BCUT2D eigenvalue weighted by molar-refractivity contribution is 6.06. The number of nitrogens with two attached hydrogens (primary N) is 1. The fourth-order valence-electron chi connectivity index (χ4n) is 2.42. The number of hydrogen-bond acceptors (Lipinski definition) is 4. The van der Waals surface area contributed by atoms with Crippen LogP contribution in [0.5, 0.6) is 0 Å². The van der Waals surface area contributed by atoms with Gasteiger partial charge < -0.3 is 9.99 Å². The molecule has 0 amide bonds. The number of pyridine rings is 1. The second-order valence-electron chi connectivity index (χ2n) is 5.11. The molecular weight excluding hydrogens is 238 g/mol. The van der Waals surface area contributed by atoms with Crippen LogP contribution in [-0.4, -0.2) is 14.5 Å². The van der Waals surface area contributed by atoms with E-state index in [4.69, 9.17) is 5.84 Å². The lowest BCUT2D eigenvalue weighted by Gasteiger charge is -2.10. The molecule has 3 rings (SSSR count). The standard InChI is InChI=1S/C14H17N5/c1-9(2)7-19-8-16-12-13(19)10-5-3-4-6-11(10)17-14(12)18-15/h3-6,8-9H,7,15H2,1-2H3,(H,17,18). The number of imidazole rings is 1. The fourth-order valence-corrected chi connectivity index (χ4v) is 2.42. The maximum atomic E-state index is 5.56. The summed E-state index contributed by atoms with van der Waals surface area (Å²) in [7, 11) is 0. The molecule has 0 fully saturated rings. The highest BCUT2D eigenvalue weighted by Gasteiger charge is 2.13. The highest BCUT2D eigenvalue weighted by atomic mass is 15.3. The molecule has 2 aromatic heterocycles. The topological polar surface area (TPSA) is 68.8 Å². The second kappa shape index (κ2) is 4.51.